The Kier molecular flexibility index (Phi) is 4.27. The minimum Gasteiger partial charge on any atom is -0.423 e. The van der Waals surface area contributed by atoms with E-state index in [0.29, 0.717) is 16.9 Å². The van der Waals surface area contributed by atoms with Crippen LogP contribution in [-0.2, 0) is 0 Å². The van der Waals surface area contributed by atoms with Crippen LogP contribution < -0.4 is 5.46 Å². The lowest BCUT2D eigenvalue weighted by molar-refractivity contribution is 0.0574. The van der Waals surface area contributed by atoms with Gasteiger partial charge in [-0.2, -0.15) is 0 Å². The molecule has 1 heterocycles. The first-order valence-corrected chi connectivity index (χ1v) is 6.76. The predicted molar refractivity (Wildman–Crippen MR) is 75.2 cm³/mol. The van der Waals surface area contributed by atoms with Crippen LogP contribution in [0.2, 0.25) is 0 Å². The first-order chi connectivity index (χ1) is 8.99. The molecule has 2 unspecified atom stereocenters. The molecule has 2 rings (SSSR count). The molecule has 19 heavy (non-hydrogen) atoms. The maximum absolute atomic E-state index is 12.4. The molecule has 1 aromatic rings. The molecule has 0 spiro atoms. The van der Waals surface area contributed by atoms with Gasteiger partial charge in [0, 0.05) is 18.2 Å². The third-order valence-corrected chi connectivity index (χ3v) is 3.83. The van der Waals surface area contributed by atoms with Crippen molar-refractivity contribution in [3.8, 4) is 0 Å². The van der Waals surface area contributed by atoms with Gasteiger partial charge in [0.05, 0.1) is 0 Å². The topological polar surface area (TPSA) is 60.8 Å². The molecule has 1 aliphatic rings. The molecule has 1 aliphatic heterocycles. The van der Waals surface area contributed by atoms with Crippen molar-refractivity contribution in [3.63, 3.8) is 0 Å². The third-order valence-electron chi connectivity index (χ3n) is 3.83. The van der Waals surface area contributed by atoms with Gasteiger partial charge in [0.2, 0.25) is 0 Å². The molecular weight excluding hydrogens is 241 g/mol. The van der Waals surface area contributed by atoms with Gasteiger partial charge in [-0.25, -0.2) is 0 Å². The summed E-state index contributed by atoms with van der Waals surface area (Å²) in [6, 6.07) is 6.74. The molecule has 0 aliphatic carbocycles. The molecule has 5 heteroatoms. The van der Waals surface area contributed by atoms with Crippen LogP contribution in [0.5, 0.6) is 0 Å². The van der Waals surface area contributed by atoms with Crippen molar-refractivity contribution in [1.29, 1.82) is 0 Å². The van der Waals surface area contributed by atoms with Crippen molar-refractivity contribution in [1.82, 2.24) is 4.90 Å². The summed E-state index contributed by atoms with van der Waals surface area (Å²) >= 11 is 0. The Hall–Kier alpha value is -1.33. The average Bonchev–Trinajstić information content (AvgIpc) is 2.41. The summed E-state index contributed by atoms with van der Waals surface area (Å²) in [5.74, 6) is 0.566. The second kappa shape index (κ2) is 5.76. The highest BCUT2D eigenvalue weighted by Gasteiger charge is 2.27. The Balaban J connectivity index is 2.14. The van der Waals surface area contributed by atoms with Gasteiger partial charge in [-0.15, -0.1) is 0 Å². The number of carbonyl (C=O) groups excluding carboxylic acids is 1. The van der Waals surface area contributed by atoms with E-state index in [1.54, 1.807) is 24.3 Å². The molecule has 102 valence electrons. The molecule has 0 radical (unpaired) electrons. The minimum absolute atomic E-state index is 0.0260. The van der Waals surface area contributed by atoms with Crippen LogP contribution in [-0.4, -0.2) is 40.6 Å². The maximum atomic E-state index is 12.4. The molecule has 2 atom stereocenters. The van der Waals surface area contributed by atoms with E-state index in [0.717, 1.165) is 13.0 Å². The largest absolute Gasteiger partial charge is 0.488 e. The van der Waals surface area contributed by atoms with E-state index in [4.69, 9.17) is 10.0 Å². The average molecular weight is 261 g/mol. The van der Waals surface area contributed by atoms with Crippen LogP contribution in [0.25, 0.3) is 0 Å². The summed E-state index contributed by atoms with van der Waals surface area (Å²) in [4.78, 5) is 14.4. The molecule has 2 N–H and O–H groups in total. The van der Waals surface area contributed by atoms with Gasteiger partial charge in [0.1, 0.15) is 0 Å². The zero-order valence-corrected chi connectivity index (χ0v) is 11.4. The van der Waals surface area contributed by atoms with Crippen molar-refractivity contribution in [2.75, 3.05) is 6.54 Å². The van der Waals surface area contributed by atoms with Crippen LogP contribution in [0, 0.1) is 5.92 Å². The first-order valence-electron chi connectivity index (χ1n) is 6.76. The van der Waals surface area contributed by atoms with Gasteiger partial charge in [0.25, 0.3) is 5.91 Å². The SMILES string of the molecule is CC1CCC(C)N(C(=O)c2ccc(B(O)O)cc2)C1. The Bertz CT molecular complexity index is 447. The predicted octanol–water partition coefficient (Wildman–Crippen LogP) is 0.627. The molecule has 0 bridgehead atoms. The molecule has 1 amide bonds. The lowest BCUT2D eigenvalue weighted by Crippen LogP contribution is -2.45. The molecule has 1 fully saturated rings. The number of hydrogen-bond acceptors (Lipinski definition) is 3. The molecule has 1 aromatic carbocycles. The van der Waals surface area contributed by atoms with Crippen LogP contribution in [0.3, 0.4) is 0 Å². The van der Waals surface area contributed by atoms with Crippen LogP contribution >= 0.6 is 0 Å². The summed E-state index contributed by atoms with van der Waals surface area (Å²) < 4.78 is 0. The number of nitrogens with zero attached hydrogens (tertiary/aromatic N) is 1. The van der Waals surface area contributed by atoms with E-state index in [1.807, 2.05) is 4.90 Å². The van der Waals surface area contributed by atoms with Gasteiger partial charge in [-0.3, -0.25) is 4.79 Å². The molecule has 1 saturated heterocycles. The summed E-state index contributed by atoms with van der Waals surface area (Å²) in [6.07, 6.45) is 2.21. The standard InChI is InChI=1S/C14H20BNO3/c1-10-3-4-11(2)16(9-10)14(17)12-5-7-13(8-6-12)15(18)19/h5-8,10-11,18-19H,3-4,9H2,1-2H3. The monoisotopic (exact) mass is 261 g/mol. The van der Waals surface area contributed by atoms with Gasteiger partial charge in [-0.1, -0.05) is 19.1 Å². The van der Waals surface area contributed by atoms with Crippen molar-refractivity contribution in [2.24, 2.45) is 5.92 Å². The second-order valence-corrected chi connectivity index (χ2v) is 5.48. The number of amides is 1. The zero-order valence-electron chi connectivity index (χ0n) is 11.4. The third kappa shape index (κ3) is 3.17. The van der Waals surface area contributed by atoms with Gasteiger partial charge in [0.15, 0.2) is 0 Å². The van der Waals surface area contributed by atoms with Crippen molar-refractivity contribution >= 4 is 18.5 Å². The number of hydrogen-bond donors (Lipinski definition) is 2. The molecule has 4 nitrogen and oxygen atoms in total. The van der Waals surface area contributed by atoms with E-state index < -0.39 is 7.12 Å². The smallest absolute Gasteiger partial charge is 0.423 e. The van der Waals surface area contributed by atoms with Crippen LogP contribution in [0.15, 0.2) is 24.3 Å². The summed E-state index contributed by atoms with van der Waals surface area (Å²) in [7, 11) is -1.49. The number of likely N-dealkylation sites (tertiary alicyclic amines) is 1. The van der Waals surface area contributed by atoms with Gasteiger partial charge < -0.3 is 14.9 Å². The first kappa shape index (κ1) is 14.1. The Morgan fingerprint density at radius 2 is 1.84 bits per heavy atom. The minimum atomic E-state index is -1.49. The van der Waals surface area contributed by atoms with E-state index in [2.05, 4.69) is 13.8 Å². The van der Waals surface area contributed by atoms with E-state index in [1.165, 1.54) is 6.42 Å². The van der Waals surface area contributed by atoms with Crippen LogP contribution in [0.1, 0.15) is 37.0 Å². The van der Waals surface area contributed by atoms with Crippen molar-refractivity contribution in [2.45, 2.75) is 32.7 Å². The van der Waals surface area contributed by atoms with Crippen molar-refractivity contribution < 1.29 is 14.8 Å². The van der Waals surface area contributed by atoms with E-state index in [-0.39, 0.29) is 11.9 Å². The maximum Gasteiger partial charge on any atom is 0.488 e. The Morgan fingerprint density at radius 3 is 2.42 bits per heavy atom. The number of carbonyl (C=O) groups is 1. The normalized spacial score (nSPS) is 23.3. The summed E-state index contributed by atoms with van der Waals surface area (Å²) in [5, 5.41) is 18.1. The quantitative estimate of drug-likeness (QED) is 0.767. The fraction of sp³-hybridized carbons (Fsp3) is 0.500. The fourth-order valence-corrected chi connectivity index (χ4v) is 2.54. The molecular formula is C14H20BNO3. The number of benzene rings is 1. The van der Waals surface area contributed by atoms with Gasteiger partial charge in [-0.05, 0) is 43.3 Å². The highest BCUT2D eigenvalue weighted by atomic mass is 16.4. The highest BCUT2D eigenvalue weighted by Crippen LogP contribution is 2.23. The summed E-state index contributed by atoms with van der Waals surface area (Å²) in [5.41, 5.74) is 1.00. The lowest BCUT2D eigenvalue weighted by atomic mass is 9.80. The second-order valence-electron chi connectivity index (χ2n) is 5.48. The Labute approximate surface area is 114 Å². The van der Waals surface area contributed by atoms with Gasteiger partial charge >= 0.3 is 7.12 Å². The summed E-state index contributed by atoms with van der Waals surface area (Å²) in [6.45, 7) is 5.04. The Morgan fingerprint density at radius 1 is 1.21 bits per heavy atom. The van der Waals surface area contributed by atoms with Crippen LogP contribution in [0.4, 0.5) is 0 Å². The lowest BCUT2D eigenvalue weighted by Gasteiger charge is -2.36. The zero-order chi connectivity index (χ0) is 14.0. The number of piperidine rings is 1. The van der Waals surface area contributed by atoms with Crippen molar-refractivity contribution in [3.05, 3.63) is 29.8 Å². The fourth-order valence-electron chi connectivity index (χ4n) is 2.54. The highest BCUT2D eigenvalue weighted by molar-refractivity contribution is 6.58. The van der Waals surface area contributed by atoms with E-state index in [9.17, 15) is 4.79 Å². The molecule has 0 saturated carbocycles. The molecule has 0 aromatic heterocycles. The number of rotatable bonds is 2. The van der Waals surface area contributed by atoms with E-state index >= 15 is 0 Å².